The predicted octanol–water partition coefficient (Wildman–Crippen LogP) is 2.56. The molecule has 7 heteroatoms. The predicted molar refractivity (Wildman–Crippen MR) is 92.7 cm³/mol. The number of furan rings is 1. The first-order valence-electron chi connectivity index (χ1n) is 8.03. The lowest BCUT2D eigenvalue weighted by Gasteiger charge is -2.08. The van der Waals surface area contributed by atoms with Crippen molar-refractivity contribution in [3.8, 4) is 0 Å². The first-order valence-corrected chi connectivity index (χ1v) is 8.03. The Hall–Kier alpha value is -3.35. The Labute approximate surface area is 148 Å². The summed E-state index contributed by atoms with van der Waals surface area (Å²) in [6.07, 6.45) is 1.40. The number of hydrogen-bond donors (Lipinski definition) is 1. The summed E-state index contributed by atoms with van der Waals surface area (Å²) in [7, 11) is 0. The minimum absolute atomic E-state index is 0.00489. The number of esters is 1. The van der Waals surface area contributed by atoms with Gasteiger partial charge in [0.05, 0.1) is 12.7 Å². The van der Waals surface area contributed by atoms with E-state index in [-0.39, 0.29) is 25.3 Å². The van der Waals surface area contributed by atoms with E-state index in [4.69, 9.17) is 13.6 Å². The van der Waals surface area contributed by atoms with Gasteiger partial charge in [-0.05, 0) is 30.7 Å². The van der Waals surface area contributed by atoms with Gasteiger partial charge in [-0.2, -0.15) is 0 Å². The van der Waals surface area contributed by atoms with Gasteiger partial charge in [0.2, 0.25) is 0 Å². The summed E-state index contributed by atoms with van der Waals surface area (Å²) in [5.41, 5.74) is 1.49. The van der Waals surface area contributed by atoms with Crippen LogP contribution in [-0.4, -0.2) is 18.4 Å². The van der Waals surface area contributed by atoms with Crippen LogP contribution in [0.1, 0.15) is 28.1 Å². The number of hydrogen-bond acceptors (Lipinski definition) is 6. The third kappa shape index (κ3) is 4.18. The first kappa shape index (κ1) is 17.5. The molecule has 0 radical (unpaired) electrons. The van der Waals surface area contributed by atoms with Crippen molar-refractivity contribution in [3.63, 3.8) is 0 Å². The number of fused-ring (bicyclic) bond motifs is 1. The molecule has 1 N–H and O–H groups in total. The van der Waals surface area contributed by atoms with Gasteiger partial charge in [0, 0.05) is 23.6 Å². The smallest absolute Gasteiger partial charge is 0.336 e. The average Bonchev–Trinajstić information content (AvgIpc) is 3.13. The molecule has 0 saturated carbocycles. The Kier molecular flexibility index (Phi) is 5.17. The monoisotopic (exact) mass is 355 g/mol. The number of benzene rings is 1. The van der Waals surface area contributed by atoms with Crippen LogP contribution in [-0.2, 0) is 16.1 Å². The van der Waals surface area contributed by atoms with E-state index in [2.05, 4.69) is 5.32 Å². The molecule has 7 nitrogen and oxygen atoms in total. The van der Waals surface area contributed by atoms with Gasteiger partial charge >= 0.3 is 11.6 Å². The lowest BCUT2D eigenvalue weighted by Crippen LogP contribution is -2.26. The van der Waals surface area contributed by atoms with Crippen LogP contribution in [0, 0.1) is 6.92 Å². The Morgan fingerprint density at radius 2 is 2.04 bits per heavy atom. The van der Waals surface area contributed by atoms with E-state index in [0.717, 1.165) is 5.56 Å². The summed E-state index contributed by atoms with van der Waals surface area (Å²) < 4.78 is 15.3. The quantitative estimate of drug-likeness (QED) is 0.539. The Bertz CT molecular complexity index is 987. The summed E-state index contributed by atoms with van der Waals surface area (Å²) in [6, 6.07) is 9.90. The molecule has 2 heterocycles. The molecule has 0 bridgehead atoms. The molecule has 1 amide bonds. The Balaban J connectivity index is 1.55. The molecule has 0 atom stereocenters. The third-order valence-corrected chi connectivity index (χ3v) is 3.73. The van der Waals surface area contributed by atoms with Crippen LogP contribution in [0.2, 0.25) is 0 Å². The maximum Gasteiger partial charge on any atom is 0.336 e. The van der Waals surface area contributed by atoms with E-state index in [0.29, 0.717) is 16.5 Å². The number of aryl methyl sites for hydroxylation is 1. The zero-order valence-electron chi connectivity index (χ0n) is 14.1. The lowest BCUT2D eigenvalue weighted by molar-refractivity contribution is -0.144. The highest BCUT2D eigenvalue weighted by Gasteiger charge is 2.11. The van der Waals surface area contributed by atoms with E-state index >= 15 is 0 Å². The van der Waals surface area contributed by atoms with Gasteiger partial charge in [-0.15, -0.1) is 0 Å². The minimum atomic E-state index is -0.500. The molecule has 0 aliphatic rings. The second kappa shape index (κ2) is 7.69. The van der Waals surface area contributed by atoms with Crippen molar-refractivity contribution >= 4 is 22.8 Å². The molecule has 0 aliphatic carbocycles. The van der Waals surface area contributed by atoms with Crippen LogP contribution < -0.4 is 10.9 Å². The highest BCUT2D eigenvalue weighted by molar-refractivity contribution is 5.91. The van der Waals surface area contributed by atoms with E-state index in [9.17, 15) is 14.4 Å². The van der Waals surface area contributed by atoms with Gasteiger partial charge in [0.15, 0.2) is 5.76 Å². The molecule has 0 unspecified atom stereocenters. The second-order valence-electron chi connectivity index (χ2n) is 5.73. The van der Waals surface area contributed by atoms with Crippen molar-refractivity contribution in [1.82, 2.24) is 5.32 Å². The van der Waals surface area contributed by atoms with Crippen molar-refractivity contribution in [2.75, 3.05) is 6.54 Å². The fourth-order valence-corrected chi connectivity index (χ4v) is 2.46. The molecule has 134 valence electrons. The van der Waals surface area contributed by atoms with Crippen molar-refractivity contribution in [1.29, 1.82) is 0 Å². The topological polar surface area (TPSA) is 98.7 Å². The van der Waals surface area contributed by atoms with Gasteiger partial charge in [-0.25, -0.2) is 4.79 Å². The zero-order chi connectivity index (χ0) is 18.5. The fourth-order valence-electron chi connectivity index (χ4n) is 2.46. The lowest BCUT2D eigenvalue weighted by atomic mass is 10.1. The number of carbonyl (C=O) groups is 2. The molecular formula is C19H17NO6. The van der Waals surface area contributed by atoms with E-state index < -0.39 is 17.5 Å². The molecule has 0 aliphatic heterocycles. The van der Waals surface area contributed by atoms with E-state index in [1.807, 2.05) is 19.1 Å². The van der Waals surface area contributed by atoms with E-state index in [1.54, 1.807) is 12.1 Å². The van der Waals surface area contributed by atoms with Crippen molar-refractivity contribution in [2.45, 2.75) is 20.0 Å². The van der Waals surface area contributed by atoms with Crippen LogP contribution >= 0.6 is 0 Å². The molecule has 0 spiro atoms. The maximum atomic E-state index is 11.9. The van der Waals surface area contributed by atoms with Gasteiger partial charge in [0.1, 0.15) is 12.2 Å². The van der Waals surface area contributed by atoms with Crippen LogP contribution in [0.3, 0.4) is 0 Å². The largest absolute Gasteiger partial charge is 0.461 e. The number of carbonyl (C=O) groups excluding carboxylic acids is 2. The molecule has 3 rings (SSSR count). The molecule has 3 aromatic rings. The molecule has 26 heavy (non-hydrogen) atoms. The summed E-state index contributed by atoms with van der Waals surface area (Å²) in [5.74, 6) is -0.709. The Morgan fingerprint density at radius 3 is 2.81 bits per heavy atom. The number of amides is 1. The summed E-state index contributed by atoms with van der Waals surface area (Å²) >= 11 is 0. The highest BCUT2D eigenvalue weighted by atomic mass is 16.5. The Morgan fingerprint density at radius 1 is 1.19 bits per heavy atom. The maximum absolute atomic E-state index is 11.9. The van der Waals surface area contributed by atoms with Gasteiger partial charge in [-0.3, -0.25) is 9.59 Å². The molecule has 0 fully saturated rings. The molecule has 0 saturated heterocycles. The highest BCUT2D eigenvalue weighted by Crippen LogP contribution is 2.19. The molecule has 2 aromatic heterocycles. The van der Waals surface area contributed by atoms with Gasteiger partial charge in [-0.1, -0.05) is 12.1 Å². The van der Waals surface area contributed by atoms with Crippen molar-refractivity contribution in [2.24, 2.45) is 0 Å². The summed E-state index contributed by atoms with van der Waals surface area (Å²) in [5, 5.41) is 3.28. The molecule has 1 aromatic carbocycles. The van der Waals surface area contributed by atoms with Crippen LogP contribution in [0.5, 0.6) is 0 Å². The fraction of sp³-hybridized carbons (Fsp3) is 0.211. The van der Waals surface area contributed by atoms with Crippen LogP contribution in [0.25, 0.3) is 11.0 Å². The average molecular weight is 355 g/mol. The third-order valence-electron chi connectivity index (χ3n) is 3.73. The SMILES string of the molecule is Cc1ccc2c(COC(=O)CCNC(=O)c3ccco3)cc(=O)oc2c1. The molecular weight excluding hydrogens is 338 g/mol. The van der Waals surface area contributed by atoms with Gasteiger partial charge in [0.25, 0.3) is 5.91 Å². The van der Waals surface area contributed by atoms with E-state index in [1.165, 1.54) is 18.4 Å². The summed E-state index contributed by atoms with van der Waals surface area (Å²) in [4.78, 5) is 35.2. The number of rotatable bonds is 6. The zero-order valence-corrected chi connectivity index (χ0v) is 14.1. The van der Waals surface area contributed by atoms with Crippen LogP contribution in [0.15, 0.2) is 56.3 Å². The first-order chi connectivity index (χ1) is 12.5. The van der Waals surface area contributed by atoms with Crippen molar-refractivity contribution in [3.05, 3.63) is 70.0 Å². The summed E-state index contributed by atoms with van der Waals surface area (Å²) in [6.45, 7) is 1.97. The van der Waals surface area contributed by atoms with Crippen LogP contribution in [0.4, 0.5) is 0 Å². The number of ether oxygens (including phenoxy) is 1. The standard InChI is InChI=1S/C19H17NO6/c1-12-4-5-14-13(10-18(22)26-16(14)9-12)11-25-17(21)6-7-20-19(23)15-3-2-8-24-15/h2-5,8-10H,6-7,11H2,1H3,(H,20,23). The van der Waals surface area contributed by atoms with Gasteiger partial charge < -0.3 is 18.9 Å². The van der Waals surface area contributed by atoms with Crippen molar-refractivity contribution < 1.29 is 23.2 Å². The normalized spacial score (nSPS) is 10.7. The minimum Gasteiger partial charge on any atom is -0.461 e. The second-order valence-corrected chi connectivity index (χ2v) is 5.73. The number of nitrogens with one attached hydrogen (secondary N) is 1.